The van der Waals surface area contributed by atoms with Crippen molar-refractivity contribution in [2.75, 3.05) is 6.54 Å². The summed E-state index contributed by atoms with van der Waals surface area (Å²) in [6.07, 6.45) is 4.12. The SMILES string of the molecule is CCCC(C)NC(=O)C(C)N1CCC(N)CC1C. The first-order valence-corrected chi connectivity index (χ1v) is 7.27. The molecule has 0 aromatic carbocycles. The number of hydrogen-bond donors (Lipinski definition) is 2. The summed E-state index contributed by atoms with van der Waals surface area (Å²) < 4.78 is 0. The number of hydrogen-bond acceptors (Lipinski definition) is 3. The maximum absolute atomic E-state index is 12.2. The van der Waals surface area contributed by atoms with Crippen LogP contribution in [0.25, 0.3) is 0 Å². The van der Waals surface area contributed by atoms with Crippen LogP contribution in [0.4, 0.5) is 0 Å². The van der Waals surface area contributed by atoms with Crippen molar-refractivity contribution >= 4 is 5.91 Å². The molecule has 0 aromatic heterocycles. The third-order valence-electron chi connectivity index (χ3n) is 3.96. The van der Waals surface area contributed by atoms with Crippen LogP contribution in [-0.4, -0.2) is 41.5 Å². The largest absolute Gasteiger partial charge is 0.352 e. The Morgan fingerprint density at radius 2 is 2.17 bits per heavy atom. The van der Waals surface area contributed by atoms with Crippen LogP contribution in [0.15, 0.2) is 0 Å². The van der Waals surface area contributed by atoms with Crippen molar-refractivity contribution in [2.24, 2.45) is 5.73 Å². The van der Waals surface area contributed by atoms with Crippen molar-refractivity contribution in [3.05, 3.63) is 0 Å². The van der Waals surface area contributed by atoms with Crippen molar-refractivity contribution in [1.82, 2.24) is 10.2 Å². The van der Waals surface area contributed by atoms with E-state index in [0.717, 1.165) is 32.2 Å². The molecule has 1 heterocycles. The van der Waals surface area contributed by atoms with Crippen LogP contribution in [0.3, 0.4) is 0 Å². The van der Waals surface area contributed by atoms with Gasteiger partial charge in [0.2, 0.25) is 5.91 Å². The van der Waals surface area contributed by atoms with Gasteiger partial charge in [0.25, 0.3) is 0 Å². The number of rotatable bonds is 5. The summed E-state index contributed by atoms with van der Waals surface area (Å²) in [5, 5.41) is 3.10. The molecule has 1 amide bonds. The van der Waals surface area contributed by atoms with Crippen LogP contribution in [0.2, 0.25) is 0 Å². The average molecular weight is 255 g/mol. The topological polar surface area (TPSA) is 58.4 Å². The fourth-order valence-corrected chi connectivity index (χ4v) is 2.82. The molecule has 4 atom stereocenters. The van der Waals surface area contributed by atoms with E-state index in [4.69, 9.17) is 5.73 Å². The van der Waals surface area contributed by atoms with Gasteiger partial charge < -0.3 is 11.1 Å². The minimum atomic E-state index is -0.0493. The van der Waals surface area contributed by atoms with E-state index in [2.05, 4.69) is 31.0 Å². The van der Waals surface area contributed by atoms with Gasteiger partial charge in [0, 0.05) is 24.7 Å². The number of nitrogens with zero attached hydrogens (tertiary/aromatic N) is 1. The van der Waals surface area contributed by atoms with E-state index < -0.39 is 0 Å². The molecule has 4 unspecified atom stereocenters. The maximum Gasteiger partial charge on any atom is 0.237 e. The quantitative estimate of drug-likeness (QED) is 0.782. The van der Waals surface area contributed by atoms with Gasteiger partial charge in [-0.3, -0.25) is 9.69 Å². The van der Waals surface area contributed by atoms with E-state index in [1.54, 1.807) is 0 Å². The highest BCUT2D eigenvalue weighted by atomic mass is 16.2. The second-order valence-electron chi connectivity index (χ2n) is 5.75. The van der Waals surface area contributed by atoms with Gasteiger partial charge in [-0.15, -0.1) is 0 Å². The standard InChI is InChI=1S/C14H29N3O/c1-5-6-10(2)16-14(18)12(4)17-8-7-13(15)9-11(17)3/h10-13H,5-9,15H2,1-4H3,(H,16,18). The highest BCUT2D eigenvalue weighted by Gasteiger charge is 2.30. The molecule has 0 aromatic rings. The summed E-state index contributed by atoms with van der Waals surface area (Å²) >= 11 is 0. The Bertz CT molecular complexity index is 270. The molecule has 3 N–H and O–H groups in total. The van der Waals surface area contributed by atoms with Gasteiger partial charge in [0.05, 0.1) is 6.04 Å². The van der Waals surface area contributed by atoms with Crippen molar-refractivity contribution in [3.63, 3.8) is 0 Å². The fraction of sp³-hybridized carbons (Fsp3) is 0.929. The predicted octanol–water partition coefficient (Wildman–Crippen LogP) is 1.49. The lowest BCUT2D eigenvalue weighted by atomic mass is 9.97. The number of likely N-dealkylation sites (tertiary alicyclic amines) is 1. The van der Waals surface area contributed by atoms with Gasteiger partial charge in [-0.25, -0.2) is 0 Å². The van der Waals surface area contributed by atoms with Crippen LogP contribution >= 0.6 is 0 Å². The first kappa shape index (κ1) is 15.4. The zero-order valence-electron chi connectivity index (χ0n) is 12.3. The normalized spacial score (nSPS) is 28.7. The van der Waals surface area contributed by atoms with Crippen molar-refractivity contribution in [3.8, 4) is 0 Å². The number of carbonyl (C=O) groups excluding carboxylic acids is 1. The Balaban J connectivity index is 2.47. The third kappa shape index (κ3) is 4.25. The molecule has 0 bridgehead atoms. The summed E-state index contributed by atoms with van der Waals surface area (Å²) in [6, 6.07) is 0.917. The minimum absolute atomic E-state index is 0.0493. The number of carbonyl (C=O) groups is 1. The molecule has 0 spiro atoms. The van der Waals surface area contributed by atoms with Crippen LogP contribution in [0, 0.1) is 0 Å². The zero-order chi connectivity index (χ0) is 13.7. The van der Waals surface area contributed by atoms with E-state index in [9.17, 15) is 4.79 Å². The Hall–Kier alpha value is -0.610. The molecular formula is C14H29N3O. The lowest BCUT2D eigenvalue weighted by molar-refractivity contribution is -0.128. The summed E-state index contributed by atoms with van der Waals surface area (Å²) in [5.41, 5.74) is 5.96. The average Bonchev–Trinajstić information content (AvgIpc) is 2.28. The van der Waals surface area contributed by atoms with Gasteiger partial charge in [-0.05, 0) is 40.0 Å². The summed E-state index contributed by atoms with van der Waals surface area (Å²) in [6.45, 7) is 9.31. The lowest BCUT2D eigenvalue weighted by Crippen LogP contribution is -2.55. The van der Waals surface area contributed by atoms with Gasteiger partial charge in [-0.2, -0.15) is 0 Å². The third-order valence-corrected chi connectivity index (χ3v) is 3.96. The summed E-state index contributed by atoms with van der Waals surface area (Å²) in [4.78, 5) is 14.4. The Morgan fingerprint density at radius 1 is 1.50 bits per heavy atom. The molecule has 1 aliphatic rings. The van der Waals surface area contributed by atoms with Gasteiger partial charge in [-0.1, -0.05) is 13.3 Å². The monoisotopic (exact) mass is 255 g/mol. The molecule has 0 aliphatic carbocycles. The maximum atomic E-state index is 12.2. The second-order valence-corrected chi connectivity index (χ2v) is 5.75. The Labute approximate surface area is 111 Å². The highest BCUT2D eigenvalue weighted by Crippen LogP contribution is 2.18. The first-order chi connectivity index (χ1) is 8.45. The van der Waals surface area contributed by atoms with E-state index in [1.807, 2.05) is 6.92 Å². The second kappa shape index (κ2) is 7.10. The molecule has 0 saturated carbocycles. The van der Waals surface area contributed by atoms with E-state index in [-0.39, 0.29) is 18.0 Å². The zero-order valence-corrected chi connectivity index (χ0v) is 12.3. The number of amides is 1. The summed E-state index contributed by atoms with van der Waals surface area (Å²) in [7, 11) is 0. The van der Waals surface area contributed by atoms with Crippen molar-refractivity contribution < 1.29 is 4.79 Å². The van der Waals surface area contributed by atoms with Crippen LogP contribution in [-0.2, 0) is 4.79 Å². The minimum Gasteiger partial charge on any atom is -0.352 e. The van der Waals surface area contributed by atoms with Crippen LogP contribution in [0.5, 0.6) is 0 Å². The lowest BCUT2D eigenvalue weighted by Gasteiger charge is -2.39. The number of nitrogens with two attached hydrogens (primary N) is 1. The van der Waals surface area contributed by atoms with E-state index in [0.29, 0.717) is 12.1 Å². The van der Waals surface area contributed by atoms with Crippen LogP contribution in [0.1, 0.15) is 53.4 Å². The van der Waals surface area contributed by atoms with E-state index in [1.165, 1.54) is 0 Å². The summed E-state index contributed by atoms with van der Waals surface area (Å²) in [5.74, 6) is 0.151. The number of piperidine rings is 1. The highest BCUT2D eigenvalue weighted by molar-refractivity contribution is 5.81. The smallest absolute Gasteiger partial charge is 0.237 e. The van der Waals surface area contributed by atoms with Crippen molar-refractivity contribution in [2.45, 2.75) is 77.5 Å². The van der Waals surface area contributed by atoms with Gasteiger partial charge in [0.15, 0.2) is 0 Å². The first-order valence-electron chi connectivity index (χ1n) is 7.27. The molecule has 1 aliphatic heterocycles. The molecule has 1 saturated heterocycles. The molecule has 0 radical (unpaired) electrons. The molecule has 106 valence electrons. The Kier molecular flexibility index (Phi) is 6.09. The number of nitrogens with one attached hydrogen (secondary N) is 1. The molecule has 1 fully saturated rings. The molecule has 1 rings (SSSR count). The van der Waals surface area contributed by atoms with Crippen LogP contribution < -0.4 is 11.1 Å². The van der Waals surface area contributed by atoms with Gasteiger partial charge >= 0.3 is 0 Å². The fourth-order valence-electron chi connectivity index (χ4n) is 2.82. The van der Waals surface area contributed by atoms with E-state index >= 15 is 0 Å². The molecule has 18 heavy (non-hydrogen) atoms. The molecular weight excluding hydrogens is 226 g/mol. The molecule has 4 heteroatoms. The van der Waals surface area contributed by atoms with Gasteiger partial charge in [0.1, 0.15) is 0 Å². The predicted molar refractivity (Wildman–Crippen MR) is 75.4 cm³/mol. The Morgan fingerprint density at radius 3 is 2.72 bits per heavy atom. The van der Waals surface area contributed by atoms with Crippen molar-refractivity contribution in [1.29, 1.82) is 0 Å². The molecule has 4 nitrogen and oxygen atoms in total.